The molecule has 0 saturated heterocycles. The molecule has 0 fully saturated rings. The molecule has 0 radical (unpaired) electrons. The molecule has 0 spiro atoms. The van der Waals surface area contributed by atoms with Gasteiger partial charge < -0.3 is 15.0 Å². The van der Waals surface area contributed by atoms with E-state index in [1.807, 2.05) is 19.2 Å². The van der Waals surface area contributed by atoms with E-state index in [-0.39, 0.29) is 6.54 Å². The molecular weight excluding hydrogens is 316 g/mol. The lowest BCUT2D eigenvalue weighted by Crippen LogP contribution is -2.19. The number of hydrogen-bond acceptors (Lipinski definition) is 5. The summed E-state index contributed by atoms with van der Waals surface area (Å²) in [4.78, 5) is 2.19. The van der Waals surface area contributed by atoms with Crippen molar-refractivity contribution in [2.75, 3.05) is 38.6 Å². The van der Waals surface area contributed by atoms with Crippen molar-refractivity contribution in [3.63, 3.8) is 0 Å². The van der Waals surface area contributed by atoms with E-state index in [1.165, 1.54) is 0 Å². The van der Waals surface area contributed by atoms with Crippen molar-refractivity contribution in [2.24, 2.45) is 0 Å². The summed E-state index contributed by atoms with van der Waals surface area (Å²) in [5.74, 6) is 0.626. The number of rotatable bonds is 9. The molecule has 1 unspecified atom stereocenters. The van der Waals surface area contributed by atoms with E-state index in [0.29, 0.717) is 17.9 Å². The standard InChI is InChI=1S/C16H24N2O4S/c1-3-8-18(2)9-4-5-10-22-13-6-7-15-14(11-13)16(12-17-15)23(19,20)21/h3,6-7,11,16-17H,1,4-5,8-10,12H2,2H3,(H,19,20,21). The lowest BCUT2D eigenvalue weighted by molar-refractivity contribution is 0.287. The summed E-state index contributed by atoms with van der Waals surface area (Å²) in [6.07, 6.45) is 3.81. The zero-order valence-corrected chi connectivity index (χ0v) is 14.2. The third-order valence-electron chi connectivity index (χ3n) is 3.85. The second kappa shape index (κ2) is 7.81. The van der Waals surface area contributed by atoms with Gasteiger partial charge in [-0.2, -0.15) is 8.42 Å². The first-order valence-electron chi connectivity index (χ1n) is 7.68. The Bertz CT molecular complexity index is 645. The third-order valence-corrected chi connectivity index (χ3v) is 4.99. The zero-order valence-electron chi connectivity index (χ0n) is 13.4. The van der Waals surface area contributed by atoms with Crippen molar-refractivity contribution in [3.8, 4) is 5.75 Å². The molecule has 1 aliphatic heterocycles. The Morgan fingerprint density at radius 1 is 1.48 bits per heavy atom. The molecule has 0 aromatic heterocycles. The van der Waals surface area contributed by atoms with Crippen LogP contribution in [0.25, 0.3) is 0 Å². The smallest absolute Gasteiger partial charge is 0.273 e. The van der Waals surface area contributed by atoms with E-state index in [1.54, 1.807) is 12.1 Å². The van der Waals surface area contributed by atoms with Crippen LogP contribution in [0.1, 0.15) is 23.7 Å². The fourth-order valence-electron chi connectivity index (χ4n) is 2.62. The number of unbranched alkanes of at least 4 members (excludes halogenated alkanes) is 1. The van der Waals surface area contributed by atoms with Crippen molar-refractivity contribution < 1.29 is 17.7 Å². The van der Waals surface area contributed by atoms with Crippen molar-refractivity contribution in [3.05, 3.63) is 36.4 Å². The minimum Gasteiger partial charge on any atom is -0.494 e. The van der Waals surface area contributed by atoms with Gasteiger partial charge in [0.2, 0.25) is 0 Å². The summed E-state index contributed by atoms with van der Waals surface area (Å²) in [7, 11) is -2.06. The van der Waals surface area contributed by atoms with Gasteiger partial charge in [0.05, 0.1) is 6.61 Å². The third kappa shape index (κ3) is 4.95. The molecular formula is C16H24N2O4S. The maximum absolute atomic E-state index is 11.4. The van der Waals surface area contributed by atoms with Crippen LogP contribution in [0, 0.1) is 0 Å². The predicted molar refractivity (Wildman–Crippen MR) is 91.6 cm³/mol. The van der Waals surface area contributed by atoms with Gasteiger partial charge in [-0.25, -0.2) is 0 Å². The number of nitrogens with zero attached hydrogens (tertiary/aromatic N) is 1. The molecule has 2 rings (SSSR count). The first-order valence-corrected chi connectivity index (χ1v) is 9.18. The fraction of sp³-hybridized carbons (Fsp3) is 0.500. The molecule has 6 nitrogen and oxygen atoms in total. The number of likely N-dealkylation sites (N-methyl/N-ethyl adjacent to an activating group) is 1. The summed E-state index contributed by atoms with van der Waals surface area (Å²) < 4.78 is 37.7. The zero-order chi connectivity index (χ0) is 16.9. The highest BCUT2D eigenvalue weighted by Gasteiger charge is 2.32. The second-order valence-electron chi connectivity index (χ2n) is 5.74. The maximum atomic E-state index is 11.4. The average Bonchev–Trinajstić information content (AvgIpc) is 2.90. The number of fused-ring (bicyclic) bond motifs is 1. The van der Waals surface area contributed by atoms with Crippen LogP contribution in [0.3, 0.4) is 0 Å². The number of benzene rings is 1. The first kappa shape index (κ1) is 17.8. The van der Waals surface area contributed by atoms with Gasteiger partial charge in [-0.05, 0) is 44.6 Å². The van der Waals surface area contributed by atoms with Crippen molar-refractivity contribution in [2.45, 2.75) is 18.1 Å². The minimum absolute atomic E-state index is 0.188. The molecule has 0 bridgehead atoms. The van der Waals surface area contributed by atoms with Crippen LogP contribution in [-0.4, -0.2) is 51.2 Å². The summed E-state index contributed by atoms with van der Waals surface area (Å²) in [6.45, 7) is 6.32. The van der Waals surface area contributed by atoms with Gasteiger partial charge >= 0.3 is 0 Å². The molecule has 0 saturated carbocycles. The van der Waals surface area contributed by atoms with Crippen molar-refractivity contribution in [1.82, 2.24) is 4.90 Å². The van der Waals surface area contributed by atoms with Gasteiger partial charge in [-0.15, -0.1) is 6.58 Å². The Balaban J connectivity index is 1.85. The topological polar surface area (TPSA) is 78.9 Å². The molecule has 128 valence electrons. The molecule has 1 aromatic rings. The van der Waals surface area contributed by atoms with Gasteiger partial charge in [0, 0.05) is 24.3 Å². The van der Waals surface area contributed by atoms with E-state index < -0.39 is 15.4 Å². The van der Waals surface area contributed by atoms with Crippen LogP contribution in [0.2, 0.25) is 0 Å². The van der Waals surface area contributed by atoms with Crippen LogP contribution in [0.5, 0.6) is 5.75 Å². The monoisotopic (exact) mass is 340 g/mol. The van der Waals surface area contributed by atoms with Crippen molar-refractivity contribution >= 4 is 15.8 Å². The maximum Gasteiger partial charge on any atom is 0.273 e. The molecule has 1 aliphatic rings. The normalized spacial score (nSPS) is 16.9. The van der Waals surface area contributed by atoms with Crippen LogP contribution in [0.4, 0.5) is 5.69 Å². The average molecular weight is 340 g/mol. The molecule has 7 heteroatoms. The van der Waals surface area contributed by atoms with Gasteiger partial charge in [0.1, 0.15) is 11.0 Å². The Hall–Kier alpha value is -1.57. The molecule has 0 aliphatic carbocycles. The Kier molecular flexibility index (Phi) is 6.04. The van der Waals surface area contributed by atoms with E-state index in [9.17, 15) is 13.0 Å². The van der Waals surface area contributed by atoms with E-state index in [4.69, 9.17) is 4.74 Å². The lowest BCUT2D eigenvalue weighted by Gasteiger charge is -2.14. The first-order chi connectivity index (χ1) is 10.9. The van der Waals surface area contributed by atoms with Gasteiger partial charge in [0.25, 0.3) is 10.1 Å². The van der Waals surface area contributed by atoms with E-state index in [0.717, 1.165) is 31.6 Å². The number of nitrogens with one attached hydrogen (secondary N) is 1. The van der Waals surface area contributed by atoms with Gasteiger partial charge in [0.15, 0.2) is 0 Å². The Morgan fingerprint density at radius 2 is 2.26 bits per heavy atom. The van der Waals surface area contributed by atoms with Crippen LogP contribution in [0.15, 0.2) is 30.9 Å². The summed E-state index contributed by atoms with van der Waals surface area (Å²) in [5.41, 5.74) is 1.29. The lowest BCUT2D eigenvalue weighted by atomic mass is 10.1. The molecule has 0 amide bonds. The van der Waals surface area contributed by atoms with Crippen LogP contribution >= 0.6 is 0 Å². The summed E-state index contributed by atoms with van der Waals surface area (Å²) in [6, 6.07) is 5.29. The van der Waals surface area contributed by atoms with E-state index in [2.05, 4.69) is 16.8 Å². The number of ether oxygens (including phenoxy) is 1. The number of anilines is 1. The molecule has 23 heavy (non-hydrogen) atoms. The fourth-order valence-corrected chi connectivity index (χ4v) is 3.43. The van der Waals surface area contributed by atoms with Crippen molar-refractivity contribution in [1.29, 1.82) is 0 Å². The predicted octanol–water partition coefficient (Wildman–Crippen LogP) is 2.32. The highest BCUT2D eigenvalue weighted by molar-refractivity contribution is 7.86. The molecule has 1 aromatic carbocycles. The van der Waals surface area contributed by atoms with Gasteiger partial charge in [-0.3, -0.25) is 4.55 Å². The highest BCUT2D eigenvalue weighted by atomic mass is 32.2. The van der Waals surface area contributed by atoms with E-state index >= 15 is 0 Å². The second-order valence-corrected chi connectivity index (χ2v) is 7.34. The summed E-state index contributed by atoms with van der Waals surface area (Å²) in [5, 5.41) is 2.05. The summed E-state index contributed by atoms with van der Waals surface area (Å²) >= 11 is 0. The van der Waals surface area contributed by atoms with Gasteiger partial charge in [-0.1, -0.05) is 6.08 Å². The molecule has 1 heterocycles. The Morgan fingerprint density at radius 3 is 2.96 bits per heavy atom. The van der Waals surface area contributed by atoms with Crippen LogP contribution < -0.4 is 10.1 Å². The SMILES string of the molecule is C=CCN(C)CCCCOc1ccc2c(c1)C(S(=O)(=O)O)CN2. The largest absolute Gasteiger partial charge is 0.494 e. The highest BCUT2D eigenvalue weighted by Crippen LogP contribution is 2.36. The molecule has 1 atom stereocenters. The Labute approximate surface area is 137 Å². The quantitative estimate of drug-likeness (QED) is 0.408. The number of hydrogen-bond donors (Lipinski definition) is 2. The minimum atomic E-state index is -4.11. The molecule has 2 N–H and O–H groups in total. The van der Waals surface area contributed by atoms with Crippen LogP contribution in [-0.2, 0) is 10.1 Å².